The first-order valence-electron chi connectivity index (χ1n) is 7.19. The van der Waals surface area contributed by atoms with E-state index in [0.717, 1.165) is 6.54 Å². The summed E-state index contributed by atoms with van der Waals surface area (Å²) < 4.78 is 0. The van der Waals surface area contributed by atoms with Crippen molar-refractivity contribution in [1.29, 1.82) is 0 Å². The zero-order chi connectivity index (χ0) is 11.9. The maximum absolute atomic E-state index is 5.49. The monoisotopic (exact) mass is 226 g/mol. The largest absolute Gasteiger partial charge is 0.330 e. The Morgan fingerprint density at radius 2 is 1.75 bits per heavy atom. The minimum atomic E-state index is 0.650. The quantitative estimate of drug-likeness (QED) is 0.645. The number of unbranched alkanes of at least 4 members (excludes halogenated alkanes) is 3. The third-order valence-electron chi connectivity index (χ3n) is 4.45. The topological polar surface area (TPSA) is 29.3 Å². The van der Waals surface area contributed by atoms with Gasteiger partial charge in [-0.05, 0) is 57.2 Å². The molecular weight excluding hydrogens is 196 g/mol. The van der Waals surface area contributed by atoms with Gasteiger partial charge < -0.3 is 10.6 Å². The summed E-state index contributed by atoms with van der Waals surface area (Å²) in [6, 6.07) is 0. The number of rotatable bonds is 8. The lowest BCUT2D eigenvalue weighted by Crippen LogP contribution is -2.27. The standard InChI is InChI=1S/C14H30N2/c1-3-14(4-2)9-12-16(13-14)11-8-6-5-7-10-15/h3-13,15H2,1-2H3. The van der Waals surface area contributed by atoms with E-state index in [1.807, 2.05) is 0 Å². The molecule has 0 aromatic rings. The van der Waals surface area contributed by atoms with Gasteiger partial charge in [0.15, 0.2) is 0 Å². The molecule has 0 atom stereocenters. The minimum Gasteiger partial charge on any atom is -0.330 e. The maximum Gasteiger partial charge on any atom is 0.00382 e. The second kappa shape index (κ2) is 7.29. The molecule has 0 bridgehead atoms. The van der Waals surface area contributed by atoms with E-state index in [0.29, 0.717) is 5.41 Å². The van der Waals surface area contributed by atoms with Crippen LogP contribution in [-0.2, 0) is 0 Å². The van der Waals surface area contributed by atoms with E-state index in [-0.39, 0.29) is 0 Å². The molecule has 0 unspecified atom stereocenters. The maximum atomic E-state index is 5.49. The predicted octanol–water partition coefficient (Wildman–Crippen LogP) is 3.02. The summed E-state index contributed by atoms with van der Waals surface area (Å²) >= 11 is 0. The second-order valence-electron chi connectivity index (χ2n) is 5.44. The summed E-state index contributed by atoms with van der Waals surface area (Å²) in [4.78, 5) is 2.68. The highest BCUT2D eigenvalue weighted by atomic mass is 15.2. The van der Waals surface area contributed by atoms with Crippen LogP contribution >= 0.6 is 0 Å². The molecule has 0 aliphatic carbocycles. The molecule has 0 saturated carbocycles. The van der Waals surface area contributed by atoms with Crippen LogP contribution in [0, 0.1) is 5.41 Å². The van der Waals surface area contributed by atoms with Gasteiger partial charge in [-0.1, -0.05) is 26.7 Å². The van der Waals surface area contributed by atoms with Crippen molar-refractivity contribution >= 4 is 0 Å². The van der Waals surface area contributed by atoms with E-state index in [1.165, 1.54) is 64.6 Å². The molecule has 16 heavy (non-hydrogen) atoms. The Kier molecular flexibility index (Phi) is 6.37. The molecule has 1 aliphatic heterocycles. The zero-order valence-electron chi connectivity index (χ0n) is 11.3. The molecule has 96 valence electrons. The summed E-state index contributed by atoms with van der Waals surface area (Å²) in [5, 5.41) is 0. The van der Waals surface area contributed by atoms with Gasteiger partial charge in [-0.3, -0.25) is 0 Å². The fourth-order valence-electron chi connectivity index (χ4n) is 2.88. The molecule has 2 N–H and O–H groups in total. The molecule has 0 aromatic carbocycles. The van der Waals surface area contributed by atoms with Crippen LogP contribution in [0.25, 0.3) is 0 Å². The van der Waals surface area contributed by atoms with Crippen molar-refractivity contribution in [1.82, 2.24) is 4.90 Å². The fraction of sp³-hybridized carbons (Fsp3) is 1.00. The van der Waals surface area contributed by atoms with Crippen molar-refractivity contribution in [3.63, 3.8) is 0 Å². The van der Waals surface area contributed by atoms with Gasteiger partial charge in [-0.15, -0.1) is 0 Å². The van der Waals surface area contributed by atoms with E-state index in [9.17, 15) is 0 Å². The van der Waals surface area contributed by atoms with Gasteiger partial charge in [-0.2, -0.15) is 0 Å². The van der Waals surface area contributed by atoms with Crippen LogP contribution in [0.1, 0.15) is 58.8 Å². The highest BCUT2D eigenvalue weighted by Gasteiger charge is 2.34. The van der Waals surface area contributed by atoms with Crippen LogP contribution < -0.4 is 5.73 Å². The van der Waals surface area contributed by atoms with E-state index in [2.05, 4.69) is 18.7 Å². The number of hydrogen-bond donors (Lipinski definition) is 1. The number of likely N-dealkylation sites (tertiary alicyclic amines) is 1. The van der Waals surface area contributed by atoms with Gasteiger partial charge in [0.2, 0.25) is 0 Å². The minimum absolute atomic E-state index is 0.650. The number of hydrogen-bond acceptors (Lipinski definition) is 2. The molecule has 1 heterocycles. The van der Waals surface area contributed by atoms with Gasteiger partial charge in [0.25, 0.3) is 0 Å². The van der Waals surface area contributed by atoms with Crippen molar-refractivity contribution in [3.8, 4) is 0 Å². The molecule has 2 heteroatoms. The molecule has 1 aliphatic rings. The Morgan fingerprint density at radius 1 is 1.06 bits per heavy atom. The molecule has 1 rings (SSSR count). The SMILES string of the molecule is CCC1(CC)CCN(CCCCCCN)C1. The van der Waals surface area contributed by atoms with Crippen molar-refractivity contribution < 1.29 is 0 Å². The van der Waals surface area contributed by atoms with Crippen molar-refractivity contribution in [2.24, 2.45) is 11.1 Å². The first-order valence-corrected chi connectivity index (χ1v) is 7.19. The van der Waals surface area contributed by atoms with E-state index in [1.54, 1.807) is 0 Å². The van der Waals surface area contributed by atoms with Gasteiger partial charge in [0, 0.05) is 6.54 Å². The number of nitrogens with zero attached hydrogens (tertiary/aromatic N) is 1. The Bertz CT molecular complexity index is 176. The summed E-state index contributed by atoms with van der Waals surface area (Å²) in [5.41, 5.74) is 6.14. The molecule has 0 amide bonds. The first kappa shape index (κ1) is 14.0. The Hall–Kier alpha value is -0.0800. The third kappa shape index (κ3) is 4.06. The van der Waals surface area contributed by atoms with Crippen LogP contribution in [0.15, 0.2) is 0 Å². The number of nitrogens with two attached hydrogens (primary N) is 1. The van der Waals surface area contributed by atoms with Crippen LogP contribution in [0.4, 0.5) is 0 Å². The van der Waals surface area contributed by atoms with Gasteiger partial charge in [-0.25, -0.2) is 0 Å². The fourth-order valence-corrected chi connectivity index (χ4v) is 2.88. The molecule has 0 radical (unpaired) electrons. The highest BCUT2D eigenvalue weighted by Crippen LogP contribution is 2.36. The lowest BCUT2D eigenvalue weighted by molar-refractivity contribution is 0.237. The lowest BCUT2D eigenvalue weighted by Gasteiger charge is -2.26. The lowest BCUT2D eigenvalue weighted by atomic mass is 9.82. The summed E-state index contributed by atoms with van der Waals surface area (Å²) in [6.45, 7) is 9.56. The molecular formula is C14H30N2. The van der Waals surface area contributed by atoms with Crippen molar-refractivity contribution in [2.45, 2.75) is 58.8 Å². The van der Waals surface area contributed by atoms with Crippen LogP contribution in [0.5, 0.6) is 0 Å². The summed E-state index contributed by atoms with van der Waals surface area (Å²) in [5.74, 6) is 0. The van der Waals surface area contributed by atoms with Crippen LogP contribution in [0.2, 0.25) is 0 Å². The van der Waals surface area contributed by atoms with Gasteiger partial charge in [0.05, 0.1) is 0 Å². The van der Waals surface area contributed by atoms with E-state index < -0.39 is 0 Å². The van der Waals surface area contributed by atoms with E-state index in [4.69, 9.17) is 5.73 Å². The average molecular weight is 226 g/mol. The second-order valence-corrected chi connectivity index (χ2v) is 5.44. The Balaban J connectivity index is 2.11. The molecule has 2 nitrogen and oxygen atoms in total. The molecule has 1 fully saturated rings. The predicted molar refractivity (Wildman–Crippen MR) is 71.6 cm³/mol. The van der Waals surface area contributed by atoms with Crippen molar-refractivity contribution in [3.05, 3.63) is 0 Å². The Morgan fingerprint density at radius 3 is 2.31 bits per heavy atom. The average Bonchev–Trinajstić information content (AvgIpc) is 2.73. The third-order valence-corrected chi connectivity index (χ3v) is 4.45. The molecule has 0 spiro atoms. The van der Waals surface area contributed by atoms with Crippen LogP contribution in [-0.4, -0.2) is 31.1 Å². The normalized spacial score (nSPS) is 20.4. The zero-order valence-corrected chi connectivity index (χ0v) is 11.3. The summed E-state index contributed by atoms with van der Waals surface area (Å²) in [6.07, 6.45) is 9.37. The van der Waals surface area contributed by atoms with E-state index >= 15 is 0 Å². The van der Waals surface area contributed by atoms with Crippen LogP contribution in [0.3, 0.4) is 0 Å². The highest BCUT2D eigenvalue weighted by molar-refractivity contribution is 4.87. The van der Waals surface area contributed by atoms with Gasteiger partial charge in [0.1, 0.15) is 0 Å². The smallest absolute Gasteiger partial charge is 0.00382 e. The molecule has 1 saturated heterocycles. The Labute approximate surface area is 102 Å². The van der Waals surface area contributed by atoms with Crippen molar-refractivity contribution in [2.75, 3.05) is 26.2 Å². The van der Waals surface area contributed by atoms with Gasteiger partial charge >= 0.3 is 0 Å². The summed E-state index contributed by atoms with van der Waals surface area (Å²) in [7, 11) is 0. The molecule has 0 aromatic heterocycles. The first-order chi connectivity index (χ1) is 7.76.